The van der Waals surface area contributed by atoms with Gasteiger partial charge in [-0.05, 0) is 31.0 Å². The standard InChI is InChI=1S/C14H17FN2O3/c1-3-4-12(13(18)19)17-14(20)16-9(2)10-5-7-11(15)8-6-10/h3,5-9,12H,1,4H2,2H3,(H,18,19)(H2,16,17,20). The molecule has 0 aromatic heterocycles. The molecule has 0 heterocycles. The van der Waals surface area contributed by atoms with Crippen LogP contribution in [0.5, 0.6) is 0 Å². The normalized spacial score (nSPS) is 13.1. The van der Waals surface area contributed by atoms with Gasteiger partial charge in [0.05, 0.1) is 6.04 Å². The molecule has 0 aliphatic heterocycles. The molecule has 0 radical (unpaired) electrons. The molecule has 0 bridgehead atoms. The Kier molecular flexibility index (Phi) is 5.71. The van der Waals surface area contributed by atoms with Crippen LogP contribution in [0, 0.1) is 5.82 Å². The molecule has 108 valence electrons. The number of carbonyl (C=O) groups is 2. The second-order valence-corrected chi connectivity index (χ2v) is 4.31. The lowest BCUT2D eigenvalue weighted by molar-refractivity contribution is -0.139. The minimum absolute atomic E-state index is 0.133. The summed E-state index contributed by atoms with van der Waals surface area (Å²) in [6.45, 7) is 5.15. The van der Waals surface area contributed by atoms with Crippen LogP contribution < -0.4 is 10.6 Å². The Balaban J connectivity index is 2.58. The van der Waals surface area contributed by atoms with Gasteiger partial charge in [0.2, 0.25) is 0 Å². The summed E-state index contributed by atoms with van der Waals surface area (Å²) >= 11 is 0. The molecule has 6 heteroatoms. The zero-order chi connectivity index (χ0) is 15.1. The van der Waals surface area contributed by atoms with Gasteiger partial charge >= 0.3 is 12.0 Å². The fraction of sp³-hybridized carbons (Fsp3) is 0.286. The molecule has 0 spiro atoms. The number of amides is 2. The largest absolute Gasteiger partial charge is 0.480 e. The van der Waals surface area contributed by atoms with Gasteiger partial charge in [0.1, 0.15) is 11.9 Å². The molecular formula is C14H17FN2O3. The number of carboxylic acid groups (broad SMARTS) is 1. The highest BCUT2D eigenvalue weighted by Gasteiger charge is 2.19. The monoisotopic (exact) mass is 280 g/mol. The third kappa shape index (κ3) is 4.72. The number of benzene rings is 1. The van der Waals surface area contributed by atoms with Crippen LogP contribution in [0.3, 0.4) is 0 Å². The van der Waals surface area contributed by atoms with Crippen molar-refractivity contribution in [3.8, 4) is 0 Å². The van der Waals surface area contributed by atoms with Crippen molar-refractivity contribution in [2.45, 2.75) is 25.4 Å². The molecule has 1 aromatic rings. The molecule has 20 heavy (non-hydrogen) atoms. The molecule has 0 saturated heterocycles. The van der Waals surface area contributed by atoms with Crippen molar-refractivity contribution in [2.75, 3.05) is 0 Å². The maximum atomic E-state index is 12.8. The smallest absolute Gasteiger partial charge is 0.326 e. The number of urea groups is 1. The SMILES string of the molecule is C=CCC(NC(=O)NC(C)c1ccc(F)cc1)C(=O)O. The Morgan fingerprint density at radius 1 is 1.35 bits per heavy atom. The van der Waals surface area contributed by atoms with Crippen LogP contribution in [-0.2, 0) is 4.79 Å². The summed E-state index contributed by atoms with van der Waals surface area (Å²) in [6, 6.07) is 3.71. The third-order valence-electron chi connectivity index (χ3n) is 2.72. The second-order valence-electron chi connectivity index (χ2n) is 4.31. The average molecular weight is 280 g/mol. The van der Waals surface area contributed by atoms with E-state index in [4.69, 9.17) is 5.11 Å². The lowest BCUT2D eigenvalue weighted by Crippen LogP contribution is -2.46. The Bertz CT molecular complexity index is 488. The predicted octanol–water partition coefficient (Wildman–Crippen LogP) is 2.22. The van der Waals surface area contributed by atoms with E-state index >= 15 is 0 Å². The van der Waals surface area contributed by atoms with Gasteiger partial charge < -0.3 is 15.7 Å². The highest BCUT2D eigenvalue weighted by Crippen LogP contribution is 2.12. The Morgan fingerprint density at radius 3 is 2.45 bits per heavy atom. The maximum absolute atomic E-state index is 12.8. The number of aliphatic carboxylic acids is 1. The predicted molar refractivity (Wildman–Crippen MR) is 72.7 cm³/mol. The molecular weight excluding hydrogens is 263 g/mol. The van der Waals surface area contributed by atoms with E-state index in [0.717, 1.165) is 5.56 Å². The highest BCUT2D eigenvalue weighted by molar-refractivity contribution is 5.82. The number of carboxylic acids is 1. The van der Waals surface area contributed by atoms with Crippen molar-refractivity contribution < 1.29 is 19.1 Å². The first-order chi connectivity index (χ1) is 9.43. The zero-order valence-corrected chi connectivity index (χ0v) is 11.1. The van der Waals surface area contributed by atoms with E-state index in [1.165, 1.54) is 18.2 Å². The summed E-state index contributed by atoms with van der Waals surface area (Å²) in [5, 5.41) is 13.8. The van der Waals surface area contributed by atoms with E-state index in [2.05, 4.69) is 17.2 Å². The second kappa shape index (κ2) is 7.28. The van der Waals surface area contributed by atoms with Crippen molar-refractivity contribution in [3.63, 3.8) is 0 Å². The molecule has 2 amide bonds. The van der Waals surface area contributed by atoms with Crippen molar-refractivity contribution >= 4 is 12.0 Å². The van der Waals surface area contributed by atoms with Crippen molar-refractivity contribution in [1.82, 2.24) is 10.6 Å². The molecule has 3 N–H and O–H groups in total. The number of nitrogens with one attached hydrogen (secondary N) is 2. The van der Waals surface area contributed by atoms with Gasteiger partial charge in [-0.15, -0.1) is 6.58 Å². The van der Waals surface area contributed by atoms with Crippen molar-refractivity contribution in [3.05, 3.63) is 48.3 Å². The summed E-state index contributed by atoms with van der Waals surface area (Å²) in [5.74, 6) is -1.49. The highest BCUT2D eigenvalue weighted by atomic mass is 19.1. The van der Waals surface area contributed by atoms with Crippen molar-refractivity contribution in [1.29, 1.82) is 0 Å². The fourth-order valence-corrected chi connectivity index (χ4v) is 1.62. The fourth-order valence-electron chi connectivity index (χ4n) is 1.62. The summed E-state index contributed by atoms with van der Waals surface area (Å²) in [7, 11) is 0. The topological polar surface area (TPSA) is 78.4 Å². The summed E-state index contributed by atoms with van der Waals surface area (Å²) in [5.41, 5.74) is 0.720. The van der Waals surface area contributed by atoms with Crippen LogP contribution in [0.1, 0.15) is 24.9 Å². The Labute approximate surface area is 116 Å². The minimum Gasteiger partial charge on any atom is -0.480 e. The van der Waals surface area contributed by atoms with Crippen LogP contribution >= 0.6 is 0 Å². The molecule has 1 aromatic carbocycles. The number of rotatable bonds is 6. The van der Waals surface area contributed by atoms with Crippen molar-refractivity contribution in [2.24, 2.45) is 0 Å². The van der Waals surface area contributed by atoms with Gasteiger partial charge in [0, 0.05) is 0 Å². The summed E-state index contributed by atoms with van der Waals surface area (Å²) in [6.07, 6.45) is 1.55. The van der Waals surface area contributed by atoms with Gasteiger partial charge in [-0.1, -0.05) is 18.2 Å². The van der Waals surface area contributed by atoms with Crippen LogP contribution in [0.2, 0.25) is 0 Å². The van der Waals surface area contributed by atoms with E-state index in [1.807, 2.05) is 0 Å². The molecule has 0 aliphatic carbocycles. The van der Waals surface area contributed by atoms with Gasteiger partial charge in [0.15, 0.2) is 0 Å². The van der Waals surface area contributed by atoms with Gasteiger partial charge in [-0.3, -0.25) is 0 Å². The van der Waals surface area contributed by atoms with E-state index in [1.54, 1.807) is 19.1 Å². The van der Waals surface area contributed by atoms with E-state index < -0.39 is 18.0 Å². The lowest BCUT2D eigenvalue weighted by Gasteiger charge is -2.18. The number of halogens is 1. The lowest BCUT2D eigenvalue weighted by atomic mass is 10.1. The van der Waals surface area contributed by atoms with Crippen LogP contribution in [0.25, 0.3) is 0 Å². The third-order valence-corrected chi connectivity index (χ3v) is 2.72. The average Bonchev–Trinajstić information content (AvgIpc) is 2.38. The van der Waals surface area contributed by atoms with Crippen LogP contribution in [-0.4, -0.2) is 23.1 Å². The quantitative estimate of drug-likeness (QED) is 0.699. The van der Waals surface area contributed by atoms with Crippen LogP contribution in [0.4, 0.5) is 9.18 Å². The minimum atomic E-state index is -1.13. The zero-order valence-electron chi connectivity index (χ0n) is 11.1. The summed E-state index contributed by atoms with van der Waals surface area (Å²) < 4.78 is 12.8. The van der Waals surface area contributed by atoms with E-state index in [-0.39, 0.29) is 18.3 Å². The first-order valence-electron chi connectivity index (χ1n) is 6.10. The van der Waals surface area contributed by atoms with E-state index in [9.17, 15) is 14.0 Å². The number of hydrogen-bond donors (Lipinski definition) is 3. The van der Waals surface area contributed by atoms with Crippen LogP contribution in [0.15, 0.2) is 36.9 Å². The molecule has 0 fully saturated rings. The van der Waals surface area contributed by atoms with Gasteiger partial charge in [-0.25, -0.2) is 14.0 Å². The first kappa shape index (κ1) is 15.7. The molecule has 2 unspecified atom stereocenters. The van der Waals surface area contributed by atoms with Gasteiger partial charge in [0.25, 0.3) is 0 Å². The first-order valence-corrected chi connectivity index (χ1v) is 6.10. The van der Waals surface area contributed by atoms with E-state index in [0.29, 0.717) is 0 Å². The number of hydrogen-bond acceptors (Lipinski definition) is 2. The Hall–Kier alpha value is -2.37. The molecule has 5 nitrogen and oxygen atoms in total. The molecule has 2 atom stereocenters. The summed E-state index contributed by atoms with van der Waals surface area (Å²) in [4.78, 5) is 22.6. The molecule has 0 saturated carbocycles. The van der Waals surface area contributed by atoms with Gasteiger partial charge in [-0.2, -0.15) is 0 Å². The Morgan fingerprint density at radius 2 is 1.95 bits per heavy atom. The molecule has 0 aliphatic rings. The number of carbonyl (C=O) groups excluding carboxylic acids is 1. The molecule has 1 rings (SSSR count). The maximum Gasteiger partial charge on any atom is 0.326 e.